The first-order chi connectivity index (χ1) is 10.9. The van der Waals surface area contributed by atoms with Crippen molar-refractivity contribution in [1.82, 2.24) is 19.1 Å². The van der Waals surface area contributed by atoms with Crippen molar-refractivity contribution in [2.75, 3.05) is 0 Å². The molecule has 3 aromatic rings. The van der Waals surface area contributed by atoms with E-state index in [1.54, 1.807) is 0 Å². The monoisotopic (exact) mass is 294 g/mol. The smallest absolute Gasteiger partial charge is 0.0956 e. The lowest BCUT2D eigenvalue weighted by Crippen LogP contribution is -2.08. The van der Waals surface area contributed by atoms with Crippen molar-refractivity contribution >= 4 is 0 Å². The molecule has 22 heavy (non-hydrogen) atoms. The van der Waals surface area contributed by atoms with Crippen LogP contribution in [0, 0.1) is 0 Å². The third-order valence-electron chi connectivity index (χ3n) is 3.92. The maximum atomic E-state index is 4.68. The van der Waals surface area contributed by atoms with Crippen molar-refractivity contribution in [3.63, 3.8) is 0 Å². The Morgan fingerprint density at radius 2 is 1.91 bits per heavy atom. The summed E-state index contributed by atoms with van der Waals surface area (Å²) in [6.45, 7) is 4.08. The minimum atomic E-state index is 0.920. The highest BCUT2D eigenvalue weighted by Gasteiger charge is 2.12. The van der Waals surface area contributed by atoms with E-state index < -0.39 is 0 Å². The zero-order valence-electron chi connectivity index (χ0n) is 13.0. The molecule has 0 fully saturated rings. The van der Waals surface area contributed by atoms with Gasteiger partial charge in [0.25, 0.3) is 0 Å². The molecule has 0 bridgehead atoms. The minimum absolute atomic E-state index is 0.920. The van der Waals surface area contributed by atoms with Crippen molar-refractivity contribution in [2.45, 2.75) is 39.3 Å². The van der Waals surface area contributed by atoms with Crippen molar-refractivity contribution < 1.29 is 0 Å². The summed E-state index contributed by atoms with van der Waals surface area (Å²) < 4.78 is 4.39. The fourth-order valence-corrected chi connectivity index (χ4v) is 2.69. The molecule has 3 rings (SSSR count). The minimum Gasteiger partial charge on any atom is -0.336 e. The van der Waals surface area contributed by atoms with Gasteiger partial charge in [-0.15, -0.1) is 0 Å². The molecule has 0 saturated carbocycles. The second kappa shape index (κ2) is 7.07. The quantitative estimate of drug-likeness (QED) is 0.664. The van der Waals surface area contributed by atoms with E-state index in [-0.39, 0.29) is 0 Å². The lowest BCUT2D eigenvalue weighted by atomic mass is 10.1. The molecule has 114 valence electrons. The van der Waals surface area contributed by atoms with E-state index >= 15 is 0 Å². The molecule has 2 aromatic heterocycles. The molecule has 2 heterocycles. The summed E-state index contributed by atoms with van der Waals surface area (Å²) in [7, 11) is 0. The number of aromatic nitrogens is 4. The van der Waals surface area contributed by atoms with Gasteiger partial charge in [0.15, 0.2) is 0 Å². The highest BCUT2D eigenvalue weighted by molar-refractivity contribution is 5.61. The first-order valence-electron chi connectivity index (χ1n) is 7.93. The van der Waals surface area contributed by atoms with E-state index in [0.29, 0.717) is 0 Å². The van der Waals surface area contributed by atoms with Crippen molar-refractivity contribution in [1.29, 1.82) is 0 Å². The molecule has 0 saturated heterocycles. The summed E-state index contributed by atoms with van der Waals surface area (Å²) in [5, 5.41) is 0. The van der Waals surface area contributed by atoms with Gasteiger partial charge in [-0.2, -0.15) is 0 Å². The van der Waals surface area contributed by atoms with Crippen LogP contribution in [0.25, 0.3) is 11.3 Å². The van der Waals surface area contributed by atoms with Gasteiger partial charge in [-0.25, -0.2) is 9.97 Å². The molecular weight excluding hydrogens is 272 g/mol. The Hall–Kier alpha value is -2.36. The highest BCUT2D eigenvalue weighted by Crippen LogP contribution is 2.23. The second-order valence-electron chi connectivity index (χ2n) is 5.50. The van der Waals surface area contributed by atoms with E-state index in [1.807, 2.05) is 31.1 Å². The Bertz CT molecular complexity index is 683. The van der Waals surface area contributed by atoms with Gasteiger partial charge < -0.3 is 9.13 Å². The maximum Gasteiger partial charge on any atom is 0.0956 e. The van der Waals surface area contributed by atoms with Crippen LogP contribution in [0.15, 0.2) is 55.4 Å². The molecule has 0 aliphatic rings. The number of benzene rings is 1. The molecule has 1 aromatic carbocycles. The zero-order valence-corrected chi connectivity index (χ0v) is 13.0. The molecule has 0 spiro atoms. The van der Waals surface area contributed by atoms with Gasteiger partial charge in [0.1, 0.15) is 0 Å². The van der Waals surface area contributed by atoms with Crippen LogP contribution in [-0.4, -0.2) is 19.1 Å². The van der Waals surface area contributed by atoms with E-state index in [9.17, 15) is 0 Å². The number of imidazole rings is 2. The van der Waals surface area contributed by atoms with Crippen LogP contribution >= 0.6 is 0 Å². The standard InChI is InChI=1S/C18H22N4/c1-2-3-9-17-18(16-7-5-4-6-8-16)20-15-22(17)13-12-21-11-10-19-14-21/h4-8,10-11,14-15H,2-3,9,12-13H2,1H3. The maximum absolute atomic E-state index is 4.68. The number of hydrogen-bond acceptors (Lipinski definition) is 2. The summed E-state index contributed by atoms with van der Waals surface area (Å²) in [5.41, 5.74) is 3.67. The average Bonchev–Trinajstić information content (AvgIpc) is 3.21. The molecule has 0 N–H and O–H groups in total. The Balaban J connectivity index is 1.84. The number of aryl methyl sites for hydroxylation is 2. The largest absolute Gasteiger partial charge is 0.336 e. The number of rotatable bonds is 7. The fourth-order valence-electron chi connectivity index (χ4n) is 2.69. The van der Waals surface area contributed by atoms with E-state index in [2.05, 4.69) is 50.3 Å². The fraction of sp³-hybridized carbons (Fsp3) is 0.333. The third kappa shape index (κ3) is 3.27. The summed E-state index contributed by atoms with van der Waals surface area (Å²) >= 11 is 0. The first kappa shape index (κ1) is 14.6. The summed E-state index contributed by atoms with van der Waals surface area (Å²) in [5.74, 6) is 0. The van der Waals surface area contributed by atoms with Crippen LogP contribution in [-0.2, 0) is 19.5 Å². The third-order valence-corrected chi connectivity index (χ3v) is 3.92. The van der Waals surface area contributed by atoms with Crippen LogP contribution in [0.4, 0.5) is 0 Å². The Labute approximate surface area is 131 Å². The molecule has 4 heteroatoms. The van der Waals surface area contributed by atoms with Crippen LogP contribution in [0.5, 0.6) is 0 Å². The highest BCUT2D eigenvalue weighted by atomic mass is 15.1. The molecule has 0 unspecified atom stereocenters. The van der Waals surface area contributed by atoms with E-state index in [0.717, 1.165) is 25.2 Å². The van der Waals surface area contributed by atoms with Gasteiger partial charge in [-0.1, -0.05) is 43.7 Å². The molecule has 0 amide bonds. The lowest BCUT2D eigenvalue weighted by Gasteiger charge is -2.10. The van der Waals surface area contributed by atoms with E-state index in [1.165, 1.54) is 24.1 Å². The van der Waals surface area contributed by atoms with E-state index in [4.69, 9.17) is 0 Å². The summed E-state index contributed by atoms with van der Waals surface area (Å²) in [6, 6.07) is 10.5. The van der Waals surface area contributed by atoms with Crippen molar-refractivity contribution in [2.24, 2.45) is 0 Å². The van der Waals surface area contributed by atoms with Crippen molar-refractivity contribution in [3.8, 4) is 11.3 Å². The van der Waals surface area contributed by atoms with Gasteiger partial charge in [0.05, 0.1) is 18.3 Å². The van der Waals surface area contributed by atoms with Crippen LogP contribution in [0.3, 0.4) is 0 Å². The predicted octanol–water partition coefficient (Wildman–Crippen LogP) is 3.79. The molecule has 0 aliphatic heterocycles. The topological polar surface area (TPSA) is 35.6 Å². The van der Waals surface area contributed by atoms with Gasteiger partial charge in [-0.3, -0.25) is 0 Å². The average molecular weight is 294 g/mol. The summed E-state index contributed by atoms with van der Waals surface area (Å²) in [6.07, 6.45) is 11.1. The molecular formula is C18H22N4. The summed E-state index contributed by atoms with van der Waals surface area (Å²) in [4.78, 5) is 8.77. The second-order valence-corrected chi connectivity index (χ2v) is 5.50. The SMILES string of the molecule is CCCCc1c(-c2ccccc2)ncn1CCn1ccnc1. The van der Waals surface area contributed by atoms with Crippen molar-refractivity contribution in [3.05, 3.63) is 61.1 Å². The van der Waals surface area contributed by atoms with Crippen LogP contribution in [0.2, 0.25) is 0 Å². The molecule has 0 atom stereocenters. The predicted molar refractivity (Wildman–Crippen MR) is 88.5 cm³/mol. The Morgan fingerprint density at radius 3 is 2.64 bits per heavy atom. The Morgan fingerprint density at radius 1 is 1.05 bits per heavy atom. The lowest BCUT2D eigenvalue weighted by molar-refractivity contribution is 0.557. The van der Waals surface area contributed by atoms with Crippen LogP contribution in [0.1, 0.15) is 25.5 Å². The number of hydrogen-bond donors (Lipinski definition) is 0. The zero-order chi connectivity index (χ0) is 15.2. The van der Waals surface area contributed by atoms with Gasteiger partial charge >= 0.3 is 0 Å². The number of nitrogens with zero attached hydrogens (tertiary/aromatic N) is 4. The molecule has 0 radical (unpaired) electrons. The van der Waals surface area contributed by atoms with Gasteiger partial charge in [0.2, 0.25) is 0 Å². The van der Waals surface area contributed by atoms with Gasteiger partial charge in [-0.05, 0) is 12.8 Å². The normalized spacial score (nSPS) is 11.0. The first-order valence-corrected chi connectivity index (χ1v) is 7.93. The Kier molecular flexibility index (Phi) is 4.68. The molecule has 4 nitrogen and oxygen atoms in total. The van der Waals surface area contributed by atoms with Crippen LogP contribution < -0.4 is 0 Å². The molecule has 0 aliphatic carbocycles. The number of unbranched alkanes of at least 4 members (excludes halogenated alkanes) is 1. The van der Waals surface area contributed by atoms with Gasteiger partial charge in [0, 0.05) is 36.7 Å².